The number of esters is 1. The molecule has 0 fully saturated rings. The molecule has 1 heterocycles. The van der Waals surface area contributed by atoms with Crippen molar-refractivity contribution in [3.05, 3.63) is 29.3 Å². The lowest BCUT2D eigenvalue weighted by Gasteiger charge is -2.08. The average molecular weight is 220 g/mol. The summed E-state index contributed by atoms with van der Waals surface area (Å²) in [6.45, 7) is 2.99. The smallest absolute Gasteiger partial charge is 0.338 e. The molecule has 16 heavy (non-hydrogen) atoms. The Balaban J connectivity index is 2.23. The van der Waals surface area contributed by atoms with Gasteiger partial charge in [-0.1, -0.05) is 0 Å². The van der Waals surface area contributed by atoms with Gasteiger partial charge in [-0.2, -0.15) is 0 Å². The van der Waals surface area contributed by atoms with Gasteiger partial charge >= 0.3 is 5.97 Å². The fourth-order valence-electron chi connectivity index (χ4n) is 1.86. The molecule has 86 valence electrons. The Labute approximate surface area is 95.4 Å². The fraction of sp³-hybridized carbons (Fsp3) is 0.462. The van der Waals surface area contributed by atoms with Crippen molar-refractivity contribution in [2.75, 3.05) is 13.2 Å². The predicted octanol–water partition coefficient (Wildman–Crippen LogP) is 2.58. The van der Waals surface area contributed by atoms with E-state index in [4.69, 9.17) is 9.47 Å². The van der Waals surface area contributed by atoms with Crippen molar-refractivity contribution in [3.8, 4) is 5.75 Å². The number of rotatable bonds is 2. The Morgan fingerprint density at radius 3 is 3.12 bits per heavy atom. The molecule has 0 atom stereocenters. The van der Waals surface area contributed by atoms with Crippen LogP contribution in [0, 0.1) is 0 Å². The molecular weight excluding hydrogens is 204 g/mol. The summed E-state index contributed by atoms with van der Waals surface area (Å²) in [5, 5.41) is 0. The van der Waals surface area contributed by atoms with E-state index in [1.165, 1.54) is 0 Å². The Bertz CT molecular complexity index is 385. The molecule has 1 aliphatic heterocycles. The highest BCUT2D eigenvalue weighted by Gasteiger charge is 2.13. The monoisotopic (exact) mass is 220 g/mol. The number of hydrogen-bond donors (Lipinski definition) is 0. The molecule has 0 unspecified atom stereocenters. The van der Waals surface area contributed by atoms with Gasteiger partial charge in [0.15, 0.2) is 0 Å². The molecule has 0 amide bonds. The zero-order chi connectivity index (χ0) is 11.4. The van der Waals surface area contributed by atoms with Crippen LogP contribution in [0.25, 0.3) is 0 Å². The summed E-state index contributed by atoms with van der Waals surface area (Å²) >= 11 is 0. The van der Waals surface area contributed by atoms with Crippen molar-refractivity contribution >= 4 is 5.97 Å². The largest absolute Gasteiger partial charge is 0.493 e. The van der Waals surface area contributed by atoms with Gasteiger partial charge in [0.2, 0.25) is 0 Å². The zero-order valence-electron chi connectivity index (χ0n) is 9.49. The molecule has 0 saturated carbocycles. The van der Waals surface area contributed by atoms with Gasteiger partial charge in [0, 0.05) is 0 Å². The number of fused-ring (bicyclic) bond motifs is 1. The van der Waals surface area contributed by atoms with Crippen LogP contribution in [0.4, 0.5) is 0 Å². The summed E-state index contributed by atoms with van der Waals surface area (Å²) in [4.78, 5) is 11.6. The second-order valence-electron chi connectivity index (χ2n) is 3.85. The SMILES string of the molecule is CCOC(=O)c1ccc2c(c1)CCCCO2. The van der Waals surface area contributed by atoms with E-state index < -0.39 is 0 Å². The van der Waals surface area contributed by atoms with Gasteiger partial charge in [-0.25, -0.2) is 4.79 Å². The number of hydrogen-bond acceptors (Lipinski definition) is 3. The van der Waals surface area contributed by atoms with Gasteiger partial charge in [-0.3, -0.25) is 0 Å². The van der Waals surface area contributed by atoms with E-state index in [9.17, 15) is 4.79 Å². The molecule has 0 radical (unpaired) electrons. The van der Waals surface area contributed by atoms with Crippen molar-refractivity contribution in [1.29, 1.82) is 0 Å². The van der Waals surface area contributed by atoms with E-state index in [2.05, 4.69) is 0 Å². The van der Waals surface area contributed by atoms with E-state index in [1.807, 2.05) is 19.1 Å². The van der Waals surface area contributed by atoms with Crippen molar-refractivity contribution in [2.24, 2.45) is 0 Å². The minimum atomic E-state index is -0.255. The highest BCUT2D eigenvalue weighted by Crippen LogP contribution is 2.25. The molecular formula is C13H16O3. The molecule has 3 nitrogen and oxygen atoms in total. The second-order valence-corrected chi connectivity index (χ2v) is 3.85. The van der Waals surface area contributed by atoms with Crippen LogP contribution in [0.15, 0.2) is 18.2 Å². The average Bonchev–Trinajstić information content (AvgIpc) is 2.53. The van der Waals surface area contributed by atoms with Gasteiger partial charge in [-0.05, 0) is 49.9 Å². The van der Waals surface area contributed by atoms with E-state index in [1.54, 1.807) is 6.07 Å². The van der Waals surface area contributed by atoms with E-state index in [0.717, 1.165) is 37.2 Å². The Kier molecular flexibility index (Phi) is 3.44. The molecule has 0 N–H and O–H groups in total. The van der Waals surface area contributed by atoms with Crippen LogP contribution >= 0.6 is 0 Å². The molecule has 0 saturated heterocycles. The molecule has 1 aromatic carbocycles. The lowest BCUT2D eigenvalue weighted by Crippen LogP contribution is -2.05. The predicted molar refractivity (Wildman–Crippen MR) is 60.8 cm³/mol. The topological polar surface area (TPSA) is 35.5 Å². The van der Waals surface area contributed by atoms with Crippen molar-refractivity contribution < 1.29 is 14.3 Å². The summed E-state index contributed by atoms with van der Waals surface area (Å²) in [6.07, 6.45) is 3.16. The molecule has 2 rings (SSSR count). The maximum Gasteiger partial charge on any atom is 0.338 e. The maximum absolute atomic E-state index is 11.6. The number of carbonyl (C=O) groups excluding carboxylic acids is 1. The highest BCUT2D eigenvalue weighted by molar-refractivity contribution is 5.89. The normalized spacial score (nSPS) is 14.6. The van der Waals surface area contributed by atoms with Crippen molar-refractivity contribution in [2.45, 2.75) is 26.2 Å². The number of aryl methyl sites for hydroxylation is 1. The van der Waals surface area contributed by atoms with E-state index >= 15 is 0 Å². The standard InChI is InChI=1S/C13H16O3/c1-2-15-13(14)11-6-7-12-10(9-11)5-3-4-8-16-12/h6-7,9H,2-5,8H2,1H3. The molecule has 3 heteroatoms. The first-order valence-electron chi connectivity index (χ1n) is 5.74. The van der Waals surface area contributed by atoms with E-state index in [-0.39, 0.29) is 5.97 Å². The number of ether oxygens (including phenoxy) is 2. The minimum Gasteiger partial charge on any atom is -0.493 e. The second kappa shape index (κ2) is 5.01. The van der Waals surface area contributed by atoms with Crippen molar-refractivity contribution in [3.63, 3.8) is 0 Å². The van der Waals surface area contributed by atoms with Crippen LogP contribution in [0.5, 0.6) is 5.75 Å². The minimum absolute atomic E-state index is 0.255. The van der Waals surface area contributed by atoms with Gasteiger partial charge in [0.1, 0.15) is 5.75 Å². The highest BCUT2D eigenvalue weighted by atomic mass is 16.5. The van der Waals surface area contributed by atoms with Crippen LogP contribution in [-0.4, -0.2) is 19.2 Å². The molecule has 0 spiro atoms. The molecule has 0 bridgehead atoms. The third kappa shape index (κ3) is 2.35. The fourth-order valence-corrected chi connectivity index (χ4v) is 1.86. The lowest BCUT2D eigenvalue weighted by atomic mass is 10.1. The Morgan fingerprint density at radius 1 is 1.44 bits per heavy atom. The third-order valence-electron chi connectivity index (χ3n) is 2.67. The Morgan fingerprint density at radius 2 is 2.31 bits per heavy atom. The van der Waals surface area contributed by atoms with Crippen LogP contribution in [0.3, 0.4) is 0 Å². The van der Waals surface area contributed by atoms with Gasteiger partial charge in [0.05, 0.1) is 18.8 Å². The first-order chi connectivity index (χ1) is 7.81. The van der Waals surface area contributed by atoms with Crippen molar-refractivity contribution in [1.82, 2.24) is 0 Å². The molecule has 1 aliphatic rings. The number of benzene rings is 1. The Hall–Kier alpha value is -1.51. The zero-order valence-corrected chi connectivity index (χ0v) is 9.49. The van der Waals surface area contributed by atoms with E-state index in [0.29, 0.717) is 12.2 Å². The summed E-state index contributed by atoms with van der Waals surface area (Å²) in [7, 11) is 0. The lowest BCUT2D eigenvalue weighted by molar-refractivity contribution is 0.0526. The van der Waals surface area contributed by atoms with Gasteiger partial charge in [0.25, 0.3) is 0 Å². The van der Waals surface area contributed by atoms with Crippen LogP contribution in [0.1, 0.15) is 35.7 Å². The first-order valence-corrected chi connectivity index (χ1v) is 5.74. The molecule has 0 aromatic heterocycles. The first kappa shape index (κ1) is 11.0. The third-order valence-corrected chi connectivity index (χ3v) is 2.67. The van der Waals surface area contributed by atoms with Gasteiger partial charge < -0.3 is 9.47 Å². The van der Waals surface area contributed by atoms with Crippen LogP contribution < -0.4 is 4.74 Å². The van der Waals surface area contributed by atoms with Gasteiger partial charge in [-0.15, -0.1) is 0 Å². The summed E-state index contributed by atoms with van der Waals surface area (Å²) in [5.74, 6) is 0.653. The summed E-state index contributed by atoms with van der Waals surface area (Å²) in [5.41, 5.74) is 1.73. The summed E-state index contributed by atoms with van der Waals surface area (Å²) in [6, 6.07) is 5.52. The number of carbonyl (C=O) groups is 1. The molecule has 0 aliphatic carbocycles. The quantitative estimate of drug-likeness (QED) is 0.718. The van der Waals surface area contributed by atoms with Crippen LogP contribution in [0.2, 0.25) is 0 Å². The molecule has 1 aromatic rings. The van der Waals surface area contributed by atoms with Crippen LogP contribution in [-0.2, 0) is 11.2 Å². The summed E-state index contributed by atoms with van der Waals surface area (Å²) < 4.78 is 10.6. The maximum atomic E-state index is 11.6.